The van der Waals surface area contributed by atoms with Crippen LogP contribution >= 0.6 is 7.92 Å². The molecule has 0 aliphatic carbocycles. The highest BCUT2D eigenvalue weighted by molar-refractivity contribution is 7.73. The first-order valence-electron chi connectivity index (χ1n) is 6.44. The zero-order chi connectivity index (χ0) is 12.8. The number of benzene rings is 2. The molecule has 94 valence electrons. The molecule has 18 heavy (non-hydrogen) atoms. The molecule has 0 saturated carbocycles. The molecule has 0 spiro atoms. The van der Waals surface area contributed by atoms with Crippen LogP contribution in [-0.2, 0) is 0 Å². The highest BCUT2D eigenvalue weighted by Crippen LogP contribution is 2.34. The molecular formula is C16H20NP. The molecule has 1 unspecified atom stereocenters. The summed E-state index contributed by atoms with van der Waals surface area (Å²) in [6, 6.07) is 21.8. The molecule has 0 aromatic heterocycles. The molecule has 0 radical (unpaired) electrons. The fourth-order valence-electron chi connectivity index (χ4n) is 1.94. The Balaban J connectivity index is 2.29. The summed E-state index contributed by atoms with van der Waals surface area (Å²) in [6.45, 7) is 2.16. The number of nitrogens with two attached hydrogens (primary N) is 1. The van der Waals surface area contributed by atoms with Crippen molar-refractivity contribution in [1.29, 1.82) is 0 Å². The van der Waals surface area contributed by atoms with Crippen molar-refractivity contribution in [2.45, 2.75) is 19.4 Å². The third-order valence-electron chi connectivity index (χ3n) is 3.08. The summed E-state index contributed by atoms with van der Waals surface area (Å²) in [6.07, 6.45) is 2.11. The van der Waals surface area contributed by atoms with Crippen LogP contribution < -0.4 is 16.3 Å². The lowest BCUT2D eigenvalue weighted by molar-refractivity contribution is 0.722. The van der Waals surface area contributed by atoms with E-state index in [1.807, 2.05) is 0 Å². The van der Waals surface area contributed by atoms with Crippen LogP contribution in [0.25, 0.3) is 0 Å². The van der Waals surface area contributed by atoms with Gasteiger partial charge in [0.2, 0.25) is 0 Å². The quantitative estimate of drug-likeness (QED) is 0.819. The number of rotatable bonds is 5. The maximum Gasteiger partial charge on any atom is 0.00815 e. The van der Waals surface area contributed by atoms with Gasteiger partial charge >= 0.3 is 0 Å². The minimum Gasteiger partial charge on any atom is -0.327 e. The van der Waals surface area contributed by atoms with E-state index in [1.165, 1.54) is 10.6 Å². The molecule has 0 aliphatic heterocycles. The Morgan fingerprint density at radius 1 is 0.889 bits per heavy atom. The third kappa shape index (κ3) is 3.41. The maximum absolute atomic E-state index is 6.16. The van der Waals surface area contributed by atoms with Crippen LogP contribution in [0.2, 0.25) is 0 Å². The van der Waals surface area contributed by atoms with Crippen molar-refractivity contribution in [2.75, 3.05) is 6.16 Å². The molecule has 2 heteroatoms. The standard InChI is InChI=1S/C16H20NP/c1-2-14(17)13-18(15-9-5-3-6-10-15)16-11-7-4-8-12-16/h3-12,14H,2,13,17H2,1H3. The molecule has 2 aromatic carbocycles. The fourth-order valence-corrected chi connectivity index (χ4v) is 4.45. The van der Waals surface area contributed by atoms with Crippen molar-refractivity contribution < 1.29 is 0 Å². The van der Waals surface area contributed by atoms with E-state index in [0.717, 1.165) is 12.6 Å². The van der Waals surface area contributed by atoms with Crippen LogP contribution in [0.15, 0.2) is 60.7 Å². The molecule has 2 N–H and O–H groups in total. The van der Waals surface area contributed by atoms with E-state index in [1.54, 1.807) is 0 Å². The highest BCUT2D eigenvalue weighted by Gasteiger charge is 2.15. The molecule has 0 amide bonds. The Morgan fingerprint density at radius 3 is 1.72 bits per heavy atom. The second kappa shape index (κ2) is 6.68. The zero-order valence-corrected chi connectivity index (χ0v) is 11.7. The topological polar surface area (TPSA) is 26.0 Å². The number of hydrogen-bond donors (Lipinski definition) is 1. The SMILES string of the molecule is CCC(N)CP(c1ccccc1)c1ccccc1. The summed E-state index contributed by atoms with van der Waals surface area (Å²) in [5, 5.41) is 2.84. The van der Waals surface area contributed by atoms with Crippen LogP contribution in [0.5, 0.6) is 0 Å². The van der Waals surface area contributed by atoms with E-state index >= 15 is 0 Å². The second-order valence-corrected chi connectivity index (χ2v) is 6.70. The Hall–Kier alpha value is -1.17. The number of hydrogen-bond acceptors (Lipinski definition) is 1. The Kier molecular flexibility index (Phi) is 4.92. The fraction of sp³-hybridized carbons (Fsp3) is 0.250. The van der Waals surface area contributed by atoms with Gasteiger partial charge in [-0.15, -0.1) is 0 Å². The van der Waals surface area contributed by atoms with Crippen LogP contribution in [0, 0.1) is 0 Å². The molecular weight excluding hydrogens is 237 g/mol. The lowest BCUT2D eigenvalue weighted by Crippen LogP contribution is -2.27. The Labute approximate surface area is 111 Å². The predicted molar refractivity (Wildman–Crippen MR) is 82.2 cm³/mol. The third-order valence-corrected chi connectivity index (χ3v) is 5.75. The van der Waals surface area contributed by atoms with Gasteiger partial charge in [-0.05, 0) is 31.1 Å². The summed E-state index contributed by atoms with van der Waals surface area (Å²) in [5.74, 6) is 0. The largest absolute Gasteiger partial charge is 0.327 e. The van der Waals surface area contributed by atoms with Gasteiger partial charge in [-0.3, -0.25) is 0 Å². The van der Waals surface area contributed by atoms with Gasteiger partial charge in [-0.2, -0.15) is 0 Å². The molecule has 0 aliphatic rings. The van der Waals surface area contributed by atoms with Gasteiger partial charge in [-0.1, -0.05) is 67.6 Å². The molecule has 0 bridgehead atoms. The maximum atomic E-state index is 6.16. The average Bonchev–Trinajstić information content (AvgIpc) is 2.46. The van der Waals surface area contributed by atoms with Crippen molar-refractivity contribution in [3.05, 3.63) is 60.7 Å². The van der Waals surface area contributed by atoms with Crippen molar-refractivity contribution in [2.24, 2.45) is 5.73 Å². The zero-order valence-electron chi connectivity index (χ0n) is 10.8. The van der Waals surface area contributed by atoms with E-state index < -0.39 is 0 Å². The Bertz CT molecular complexity index is 416. The first-order chi connectivity index (χ1) is 8.81. The summed E-state index contributed by atoms with van der Waals surface area (Å²) < 4.78 is 0. The lowest BCUT2D eigenvalue weighted by atomic mass is 10.3. The van der Waals surface area contributed by atoms with Crippen LogP contribution in [-0.4, -0.2) is 12.2 Å². The molecule has 2 aromatic rings. The highest BCUT2D eigenvalue weighted by atomic mass is 31.1. The van der Waals surface area contributed by atoms with E-state index in [9.17, 15) is 0 Å². The predicted octanol–water partition coefficient (Wildman–Crippen LogP) is 2.86. The van der Waals surface area contributed by atoms with Gasteiger partial charge in [0.25, 0.3) is 0 Å². The Morgan fingerprint density at radius 2 is 1.33 bits per heavy atom. The molecule has 0 saturated heterocycles. The van der Waals surface area contributed by atoms with E-state index in [0.29, 0.717) is 0 Å². The smallest absolute Gasteiger partial charge is 0.00815 e. The molecule has 1 atom stereocenters. The van der Waals surface area contributed by atoms with Gasteiger partial charge in [0, 0.05) is 6.04 Å². The van der Waals surface area contributed by atoms with Crippen molar-refractivity contribution in [1.82, 2.24) is 0 Å². The summed E-state index contributed by atoms with van der Waals surface area (Å²) >= 11 is 0. The lowest BCUT2D eigenvalue weighted by Gasteiger charge is -2.21. The van der Waals surface area contributed by atoms with Gasteiger partial charge in [0.05, 0.1) is 0 Å². The van der Waals surface area contributed by atoms with Crippen molar-refractivity contribution >= 4 is 18.5 Å². The van der Waals surface area contributed by atoms with Crippen molar-refractivity contribution in [3.8, 4) is 0 Å². The van der Waals surface area contributed by atoms with Gasteiger partial charge in [0.15, 0.2) is 0 Å². The van der Waals surface area contributed by atoms with Crippen molar-refractivity contribution in [3.63, 3.8) is 0 Å². The normalized spacial score (nSPS) is 12.6. The summed E-state index contributed by atoms with van der Waals surface area (Å²) in [4.78, 5) is 0. The van der Waals surface area contributed by atoms with Gasteiger partial charge in [0.1, 0.15) is 0 Å². The molecule has 0 fully saturated rings. The first kappa shape index (κ1) is 13.3. The first-order valence-corrected chi connectivity index (χ1v) is 7.97. The monoisotopic (exact) mass is 257 g/mol. The van der Waals surface area contributed by atoms with Gasteiger partial charge < -0.3 is 5.73 Å². The van der Waals surface area contributed by atoms with Crippen LogP contribution in [0.3, 0.4) is 0 Å². The van der Waals surface area contributed by atoms with E-state index in [4.69, 9.17) is 5.73 Å². The minimum absolute atomic E-state index is 0.288. The summed E-state index contributed by atoms with van der Waals surface area (Å²) in [5.41, 5.74) is 6.16. The minimum atomic E-state index is -0.321. The van der Waals surface area contributed by atoms with Crippen LogP contribution in [0.4, 0.5) is 0 Å². The summed E-state index contributed by atoms with van der Waals surface area (Å²) in [7, 11) is -0.321. The molecule has 0 heterocycles. The molecule has 2 rings (SSSR count). The van der Waals surface area contributed by atoms with E-state index in [-0.39, 0.29) is 14.0 Å². The average molecular weight is 257 g/mol. The second-order valence-electron chi connectivity index (χ2n) is 4.45. The van der Waals surface area contributed by atoms with Gasteiger partial charge in [-0.25, -0.2) is 0 Å². The van der Waals surface area contributed by atoms with E-state index in [2.05, 4.69) is 67.6 Å². The molecule has 1 nitrogen and oxygen atoms in total. The van der Waals surface area contributed by atoms with Crippen LogP contribution in [0.1, 0.15) is 13.3 Å².